The maximum atomic E-state index is 5.94. The van der Waals surface area contributed by atoms with Crippen molar-refractivity contribution in [2.24, 2.45) is 7.05 Å². The van der Waals surface area contributed by atoms with Gasteiger partial charge in [-0.05, 0) is 23.7 Å². The summed E-state index contributed by atoms with van der Waals surface area (Å²) in [5, 5.41) is 5.37. The van der Waals surface area contributed by atoms with Crippen molar-refractivity contribution in [1.82, 2.24) is 19.7 Å². The topological polar surface area (TPSA) is 43.6 Å². The molecule has 84 valence electrons. The van der Waals surface area contributed by atoms with Crippen LogP contribution in [0.2, 0.25) is 5.28 Å². The van der Waals surface area contributed by atoms with Gasteiger partial charge in [-0.2, -0.15) is 5.10 Å². The van der Waals surface area contributed by atoms with Gasteiger partial charge in [0, 0.05) is 18.6 Å². The number of para-hydroxylation sites is 1. The highest BCUT2D eigenvalue weighted by Gasteiger charge is 2.11. The molecule has 0 saturated carbocycles. The molecule has 2 aromatic heterocycles. The quantitative estimate of drug-likeness (QED) is 0.618. The smallest absolute Gasteiger partial charge is 0.223 e. The molecule has 0 spiro atoms. The Morgan fingerprint density at radius 2 is 1.94 bits per heavy atom. The Morgan fingerprint density at radius 3 is 2.71 bits per heavy atom. The van der Waals surface area contributed by atoms with Gasteiger partial charge in [0.05, 0.1) is 11.2 Å². The molecule has 0 amide bonds. The number of hydrogen-bond donors (Lipinski definition) is 0. The Hall–Kier alpha value is -1.94. The fraction of sp³-hybridized carbons (Fsp3) is 0.0833. The molecule has 0 atom stereocenters. The summed E-state index contributed by atoms with van der Waals surface area (Å²) >= 11 is 5.94. The largest absolute Gasteiger partial charge is 0.266 e. The van der Waals surface area contributed by atoms with Crippen molar-refractivity contribution >= 4 is 22.5 Å². The molecule has 0 saturated heterocycles. The van der Waals surface area contributed by atoms with E-state index in [0.29, 0.717) is 0 Å². The van der Waals surface area contributed by atoms with E-state index in [1.165, 1.54) is 0 Å². The van der Waals surface area contributed by atoms with Crippen LogP contribution in [0.5, 0.6) is 0 Å². The van der Waals surface area contributed by atoms with Gasteiger partial charge in [-0.15, -0.1) is 0 Å². The van der Waals surface area contributed by atoms with Crippen molar-refractivity contribution in [2.75, 3.05) is 0 Å². The second-order valence-corrected chi connectivity index (χ2v) is 4.04. The summed E-state index contributed by atoms with van der Waals surface area (Å²) in [6, 6.07) is 9.69. The van der Waals surface area contributed by atoms with E-state index in [9.17, 15) is 0 Å². The number of aromatic nitrogens is 4. The highest BCUT2D eigenvalue weighted by Crippen LogP contribution is 2.26. The van der Waals surface area contributed by atoms with Crippen molar-refractivity contribution < 1.29 is 0 Å². The van der Waals surface area contributed by atoms with Gasteiger partial charge >= 0.3 is 0 Å². The molecular formula is C12H9ClN4. The number of aryl methyl sites for hydroxylation is 1. The molecule has 1 aromatic carbocycles. The number of halogens is 1. The fourth-order valence-electron chi connectivity index (χ4n) is 1.85. The van der Waals surface area contributed by atoms with E-state index in [1.54, 1.807) is 10.9 Å². The maximum Gasteiger partial charge on any atom is 0.223 e. The first kappa shape index (κ1) is 10.2. The lowest BCUT2D eigenvalue weighted by Gasteiger charge is -2.06. The maximum absolute atomic E-state index is 5.94. The second-order valence-electron chi connectivity index (χ2n) is 3.70. The Kier molecular flexibility index (Phi) is 2.30. The number of nitrogens with zero attached hydrogens (tertiary/aromatic N) is 4. The Balaban J connectivity index is 2.39. The van der Waals surface area contributed by atoms with Gasteiger partial charge in [0.1, 0.15) is 5.69 Å². The van der Waals surface area contributed by atoms with Crippen LogP contribution in [0.4, 0.5) is 0 Å². The summed E-state index contributed by atoms with van der Waals surface area (Å²) in [4.78, 5) is 8.50. The normalized spacial score (nSPS) is 10.9. The highest BCUT2D eigenvalue weighted by atomic mass is 35.5. The van der Waals surface area contributed by atoms with Gasteiger partial charge in [0.25, 0.3) is 0 Å². The van der Waals surface area contributed by atoms with Crippen LogP contribution in [0.3, 0.4) is 0 Å². The van der Waals surface area contributed by atoms with E-state index in [4.69, 9.17) is 11.6 Å². The molecule has 4 nitrogen and oxygen atoms in total. The summed E-state index contributed by atoms with van der Waals surface area (Å²) in [6.45, 7) is 0. The molecule has 3 rings (SSSR count). The van der Waals surface area contributed by atoms with Crippen LogP contribution in [-0.4, -0.2) is 19.7 Å². The van der Waals surface area contributed by atoms with E-state index in [1.807, 2.05) is 37.4 Å². The zero-order chi connectivity index (χ0) is 11.8. The van der Waals surface area contributed by atoms with Crippen LogP contribution >= 0.6 is 11.6 Å². The van der Waals surface area contributed by atoms with Crippen LogP contribution < -0.4 is 0 Å². The van der Waals surface area contributed by atoms with Gasteiger partial charge in [-0.3, -0.25) is 4.68 Å². The van der Waals surface area contributed by atoms with Crippen molar-refractivity contribution in [3.05, 3.63) is 41.8 Å². The molecule has 0 radical (unpaired) electrons. The predicted octanol–water partition coefficient (Wildman–Crippen LogP) is 2.68. The van der Waals surface area contributed by atoms with E-state index in [-0.39, 0.29) is 5.28 Å². The standard InChI is InChI=1S/C12H9ClN4/c1-17-10(6-7-14-17)11-8-4-2-3-5-9(8)15-12(13)16-11/h2-7H,1H3. The molecule has 0 unspecified atom stereocenters. The highest BCUT2D eigenvalue weighted by molar-refractivity contribution is 6.28. The molecule has 3 aromatic rings. The SMILES string of the molecule is Cn1nccc1-c1nc(Cl)nc2ccccc12. The molecule has 0 aliphatic heterocycles. The summed E-state index contributed by atoms with van der Waals surface area (Å²) in [5.41, 5.74) is 2.56. The summed E-state index contributed by atoms with van der Waals surface area (Å²) in [5.74, 6) is 0. The van der Waals surface area contributed by atoms with Crippen LogP contribution in [0.25, 0.3) is 22.3 Å². The van der Waals surface area contributed by atoms with Crippen LogP contribution in [-0.2, 0) is 7.05 Å². The van der Waals surface area contributed by atoms with Crippen LogP contribution in [0.15, 0.2) is 36.5 Å². The molecule has 0 aliphatic rings. The molecular weight excluding hydrogens is 236 g/mol. The van der Waals surface area contributed by atoms with Gasteiger partial charge in [-0.1, -0.05) is 18.2 Å². The fourth-order valence-corrected chi connectivity index (χ4v) is 2.03. The van der Waals surface area contributed by atoms with Gasteiger partial charge in [0.15, 0.2) is 0 Å². The van der Waals surface area contributed by atoms with Crippen molar-refractivity contribution in [3.8, 4) is 11.4 Å². The van der Waals surface area contributed by atoms with Crippen molar-refractivity contribution in [2.45, 2.75) is 0 Å². The molecule has 5 heteroatoms. The second kappa shape index (κ2) is 3.82. The van der Waals surface area contributed by atoms with Gasteiger partial charge in [0.2, 0.25) is 5.28 Å². The van der Waals surface area contributed by atoms with Gasteiger partial charge in [-0.25, -0.2) is 9.97 Å². The zero-order valence-corrected chi connectivity index (χ0v) is 9.89. The average Bonchev–Trinajstić information content (AvgIpc) is 2.74. The Morgan fingerprint density at radius 1 is 1.12 bits per heavy atom. The van der Waals surface area contributed by atoms with Crippen LogP contribution in [0.1, 0.15) is 0 Å². The third-order valence-corrected chi connectivity index (χ3v) is 2.81. The van der Waals surface area contributed by atoms with Gasteiger partial charge < -0.3 is 0 Å². The van der Waals surface area contributed by atoms with E-state index >= 15 is 0 Å². The monoisotopic (exact) mass is 244 g/mol. The Labute approximate surface area is 103 Å². The predicted molar refractivity (Wildman–Crippen MR) is 66.8 cm³/mol. The number of benzene rings is 1. The molecule has 0 fully saturated rings. The lowest BCUT2D eigenvalue weighted by atomic mass is 10.1. The minimum absolute atomic E-state index is 0.250. The summed E-state index contributed by atoms with van der Waals surface area (Å²) < 4.78 is 1.77. The average molecular weight is 245 g/mol. The van der Waals surface area contributed by atoms with E-state index < -0.39 is 0 Å². The number of fused-ring (bicyclic) bond motifs is 1. The first-order valence-electron chi connectivity index (χ1n) is 5.16. The van der Waals surface area contributed by atoms with E-state index in [0.717, 1.165) is 22.3 Å². The molecule has 0 aliphatic carbocycles. The first-order chi connectivity index (χ1) is 8.25. The molecule has 0 bridgehead atoms. The third-order valence-electron chi connectivity index (χ3n) is 2.64. The lowest BCUT2D eigenvalue weighted by molar-refractivity contribution is 0.774. The summed E-state index contributed by atoms with van der Waals surface area (Å²) in [6.07, 6.45) is 1.74. The zero-order valence-electron chi connectivity index (χ0n) is 9.13. The Bertz CT molecular complexity index is 690. The van der Waals surface area contributed by atoms with Crippen molar-refractivity contribution in [3.63, 3.8) is 0 Å². The molecule has 0 N–H and O–H groups in total. The first-order valence-corrected chi connectivity index (χ1v) is 5.54. The number of hydrogen-bond acceptors (Lipinski definition) is 3. The number of rotatable bonds is 1. The molecule has 17 heavy (non-hydrogen) atoms. The minimum Gasteiger partial charge on any atom is -0.266 e. The molecule has 2 heterocycles. The van der Waals surface area contributed by atoms with E-state index in [2.05, 4.69) is 15.1 Å². The lowest BCUT2D eigenvalue weighted by Crippen LogP contribution is -1.97. The third kappa shape index (κ3) is 1.66. The van der Waals surface area contributed by atoms with Crippen molar-refractivity contribution in [1.29, 1.82) is 0 Å². The summed E-state index contributed by atoms with van der Waals surface area (Å²) in [7, 11) is 1.88. The minimum atomic E-state index is 0.250. The van der Waals surface area contributed by atoms with Crippen LogP contribution in [0, 0.1) is 0 Å².